The molecule has 0 N–H and O–H groups in total. The van der Waals surface area contributed by atoms with E-state index in [4.69, 9.17) is 0 Å². The molecule has 82 valence electrons. The number of nitrogens with zero attached hydrogens (tertiary/aromatic N) is 1. The molecule has 1 rings (SSSR count). The lowest BCUT2D eigenvalue weighted by molar-refractivity contribution is -0.128. The van der Waals surface area contributed by atoms with E-state index in [1.165, 1.54) is 11.0 Å². The fourth-order valence-corrected chi connectivity index (χ4v) is 1.57. The van der Waals surface area contributed by atoms with E-state index in [1.54, 1.807) is 32.2 Å². The van der Waals surface area contributed by atoms with Gasteiger partial charge in [0.1, 0.15) is 5.82 Å². The van der Waals surface area contributed by atoms with Crippen LogP contribution in [-0.2, 0) is 4.79 Å². The average Bonchev–Trinajstić information content (AvgIpc) is 2.26. The van der Waals surface area contributed by atoms with Gasteiger partial charge in [-0.3, -0.25) is 4.79 Å². The minimum absolute atomic E-state index is 0.117. The zero-order valence-corrected chi connectivity index (χ0v) is 9.67. The number of halogens is 1. The van der Waals surface area contributed by atoms with Crippen LogP contribution in [0.1, 0.15) is 18.5 Å². The lowest BCUT2D eigenvalue weighted by Crippen LogP contribution is -2.30. The Bertz CT molecular complexity index is 356. The molecule has 0 radical (unpaired) electrons. The topological polar surface area (TPSA) is 20.3 Å². The molecule has 0 bridgehead atoms. The van der Waals surface area contributed by atoms with Gasteiger partial charge in [-0.25, -0.2) is 4.39 Å². The highest BCUT2D eigenvalue weighted by molar-refractivity contribution is 7.81. The van der Waals surface area contributed by atoms with Crippen LogP contribution in [0.15, 0.2) is 24.3 Å². The van der Waals surface area contributed by atoms with Gasteiger partial charge in [-0.05, 0) is 13.0 Å². The molecule has 0 saturated carbocycles. The second kappa shape index (κ2) is 5.16. The maximum atomic E-state index is 13.4. The Hall–Kier alpha value is -1.03. The normalized spacial score (nSPS) is 12.3. The fourth-order valence-electron chi connectivity index (χ4n) is 1.35. The largest absolute Gasteiger partial charge is 0.338 e. The van der Waals surface area contributed by atoms with Gasteiger partial charge in [0.05, 0.1) is 11.8 Å². The summed E-state index contributed by atoms with van der Waals surface area (Å²) in [6, 6.07) is 6.19. The molecule has 1 aromatic carbocycles. The zero-order valence-electron chi connectivity index (χ0n) is 8.77. The Morgan fingerprint density at radius 2 is 2.13 bits per heavy atom. The Balaban J connectivity index is 2.89. The van der Waals surface area contributed by atoms with Gasteiger partial charge in [0.2, 0.25) is 5.91 Å². The second-order valence-electron chi connectivity index (χ2n) is 3.36. The van der Waals surface area contributed by atoms with Crippen LogP contribution in [0.25, 0.3) is 0 Å². The van der Waals surface area contributed by atoms with Crippen molar-refractivity contribution in [2.45, 2.75) is 13.0 Å². The quantitative estimate of drug-likeness (QED) is 0.785. The molecule has 0 aliphatic rings. The van der Waals surface area contributed by atoms with Crippen molar-refractivity contribution in [1.29, 1.82) is 0 Å². The summed E-state index contributed by atoms with van der Waals surface area (Å²) in [6.45, 7) is 1.79. The van der Waals surface area contributed by atoms with E-state index in [2.05, 4.69) is 12.6 Å². The number of carbonyl (C=O) groups is 1. The van der Waals surface area contributed by atoms with Crippen LogP contribution in [-0.4, -0.2) is 23.6 Å². The first-order valence-electron chi connectivity index (χ1n) is 4.69. The molecular formula is C11H14FNOS. The van der Waals surface area contributed by atoms with Crippen molar-refractivity contribution in [3.8, 4) is 0 Å². The molecule has 0 spiro atoms. The summed E-state index contributed by atoms with van der Waals surface area (Å²) >= 11 is 3.90. The van der Waals surface area contributed by atoms with Gasteiger partial charge in [-0.1, -0.05) is 18.2 Å². The summed E-state index contributed by atoms with van der Waals surface area (Å²) < 4.78 is 13.4. The number of thiol groups is 1. The molecule has 1 atom stereocenters. The first-order chi connectivity index (χ1) is 7.07. The molecule has 0 aliphatic heterocycles. The van der Waals surface area contributed by atoms with Crippen LogP contribution < -0.4 is 0 Å². The molecule has 1 unspecified atom stereocenters. The number of benzene rings is 1. The maximum absolute atomic E-state index is 13.4. The Labute approximate surface area is 94.5 Å². The van der Waals surface area contributed by atoms with Crippen molar-refractivity contribution < 1.29 is 9.18 Å². The first-order valence-corrected chi connectivity index (χ1v) is 5.32. The lowest BCUT2D eigenvalue weighted by Gasteiger charge is -2.25. The van der Waals surface area contributed by atoms with Crippen LogP contribution in [0.5, 0.6) is 0 Å². The minimum atomic E-state index is -0.288. The second-order valence-corrected chi connectivity index (χ2v) is 3.68. The smallest absolute Gasteiger partial charge is 0.232 e. The van der Waals surface area contributed by atoms with Crippen LogP contribution in [0.3, 0.4) is 0 Å². The van der Waals surface area contributed by atoms with Crippen molar-refractivity contribution in [1.82, 2.24) is 4.90 Å². The number of amides is 1. The Morgan fingerprint density at radius 1 is 1.53 bits per heavy atom. The summed E-state index contributed by atoms with van der Waals surface area (Å²) in [5, 5.41) is 0. The van der Waals surface area contributed by atoms with Crippen LogP contribution in [0, 0.1) is 5.82 Å². The van der Waals surface area contributed by atoms with Crippen molar-refractivity contribution in [2.75, 3.05) is 12.8 Å². The molecule has 0 saturated heterocycles. The number of hydrogen-bond donors (Lipinski definition) is 1. The van der Waals surface area contributed by atoms with Crippen molar-refractivity contribution >= 4 is 18.5 Å². The van der Waals surface area contributed by atoms with Gasteiger partial charge in [-0.15, -0.1) is 0 Å². The van der Waals surface area contributed by atoms with Gasteiger partial charge < -0.3 is 4.90 Å². The maximum Gasteiger partial charge on any atom is 0.232 e. The predicted molar refractivity (Wildman–Crippen MR) is 61.4 cm³/mol. The molecule has 1 amide bonds. The third-order valence-electron chi connectivity index (χ3n) is 2.46. The number of hydrogen-bond acceptors (Lipinski definition) is 2. The first kappa shape index (κ1) is 12.0. The molecule has 0 heterocycles. The van der Waals surface area contributed by atoms with E-state index in [-0.39, 0.29) is 23.5 Å². The van der Waals surface area contributed by atoms with Gasteiger partial charge >= 0.3 is 0 Å². The number of carbonyl (C=O) groups excluding carboxylic acids is 1. The SMILES string of the molecule is CC(c1ccccc1F)N(C)C(=O)CS. The van der Waals surface area contributed by atoms with Crippen molar-refractivity contribution in [2.24, 2.45) is 0 Å². The van der Waals surface area contributed by atoms with Gasteiger partial charge in [0.25, 0.3) is 0 Å². The third-order valence-corrected chi connectivity index (χ3v) is 2.74. The molecule has 0 aromatic heterocycles. The molecule has 2 nitrogen and oxygen atoms in total. The van der Waals surface area contributed by atoms with Gasteiger partial charge in [0.15, 0.2) is 0 Å². The van der Waals surface area contributed by atoms with E-state index in [0.717, 1.165) is 0 Å². The minimum Gasteiger partial charge on any atom is -0.338 e. The van der Waals surface area contributed by atoms with E-state index in [9.17, 15) is 9.18 Å². The molecule has 1 aromatic rings. The summed E-state index contributed by atoms with van der Waals surface area (Å²) in [5.74, 6) is -0.271. The molecule has 4 heteroatoms. The predicted octanol–water partition coefficient (Wildman–Crippen LogP) is 2.27. The highest BCUT2D eigenvalue weighted by Crippen LogP contribution is 2.21. The number of rotatable bonds is 3. The highest BCUT2D eigenvalue weighted by atomic mass is 32.1. The van der Waals surface area contributed by atoms with Crippen LogP contribution >= 0.6 is 12.6 Å². The monoisotopic (exact) mass is 227 g/mol. The lowest BCUT2D eigenvalue weighted by atomic mass is 10.1. The van der Waals surface area contributed by atoms with Crippen LogP contribution in [0.4, 0.5) is 4.39 Å². The van der Waals surface area contributed by atoms with Gasteiger partial charge in [-0.2, -0.15) is 12.6 Å². The molecular weight excluding hydrogens is 213 g/mol. The Kier molecular flexibility index (Phi) is 4.15. The van der Waals surface area contributed by atoms with E-state index in [0.29, 0.717) is 5.56 Å². The molecule has 15 heavy (non-hydrogen) atoms. The van der Waals surface area contributed by atoms with Crippen LogP contribution in [0.2, 0.25) is 0 Å². The summed E-state index contributed by atoms with van der Waals surface area (Å²) in [4.78, 5) is 12.9. The summed E-state index contributed by atoms with van der Waals surface area (Å²) in [7, 11) is 1.65. The summed E-state index contributed by atoms with van der Waals surface area (Å²) in [6.07, 6.45) is 0. The standard InChI is InChI=1S/C11H14FNOS/c1-8(13(2)11(14)7-15)9-5-3-4-6-10(9)12/h3-6,8,15H,7H2,1-2H3. The fraction of sp³-hybridized carbons (Fsp3) is 0.364. The van der Waals surface area contributed by atoms with Crippen molar-refractivity contribution in [3.63, 3.8) is 0 Å². The zero-order chi connectivity index (χ0) is 11.4. The Morgan fingerprint density at radius 3 is 2.67 bits per heavy atom. The van der Waals surface area contributed by atoms with Crippen molar-refractivity contribution in [3.05, 3.63) is 35.6 Å². The van der Waals surface area contributed by atoms with E-state index < -0.39 is 0 Å². The molecule has 0 aliphatic carbocycles. The molecule has 0 fully saturated rings. The average molecular weight is 227 g/mol. The summed E-state index contributed by atoms with van der Waals surface area (Å²) in [5.41, 5.74) is 0.523. The highest BCUT2D eigenvalue weighted by Gasteiger charge is 2.18. The van der Waals surface area contributed by atoms with E-state index >= 15 is 0 Å². The third kappa shape index (κ3) is 2.72. The van der Waals surface area contributed by atoms with Gasteiger partial charge in [0, 0.05) is 12.6 Å². The van der Waals surface area contributed by atoms with E-state index in [1.807, 2.05) is 0 Å².